The van der Waals surface area contributed by atoms with Crippen LogP contribution in [0.4, 0.5) is 0 Å². The number of hydrogen-bond acceptors (Lipinski definition) is 1. The van der Waals surface area contributed by atoms with E-state index in [0.29, 0.717) is 11.8 Å². The Labute approximate surface area is 183 Å². The zero-order valence-electron chi connectivity index (χ0n) is 15.1. The molecule has 0 aliphatic heterocycles. The van der Waals surface area contributed by atoms with Crippen molar-refractivity contribution in [3.05, 3.63) is 74.1 Å². The molecule has 2 aliphatic carbocycles. The summed E-state index contributed by atoms with van der Waals surface area (Å²) in [5.41, 5.74) is 8.71. The second kappa shape index (κ2) is 8.47. The molecule has 2 aromatic carbocycles. The topological polar surface area (TPSA) is 9.23 Å². The van der Waals surface area contributed by atoms with Crippen molar-refractivity contribution in [1.82, 2.24) is 0 Å². The van der Waals surface area contributed by atoms with Gasteiger partial charge in [0, 0.05) is 0 Å². The summed E-state index contributed by atoms with van der Waals surface area (Å²) in [6.45, 7) is 4.63. The van der Waals surface area contributed by atoms with Crippen LogP contribution in [-0.4, -0.2) is 7.11 Å². The molecule has 26 heavy (non-hydrogen) atoms. The van der Waals surface area contributed by atoms with E-state index in [2.05, 4.69) is 62.4 Å². The predicted molar refractivity (Wildman–Crippen MR) is 94.8 cm³/mol. The molecule has 0 amide bonds. The van der Waals surface area contributed by atoms with Crippen LogP contribution in [0.5, 0.6) is 5.75 Å². The normalized spacial score (nSPS) is 17.3. The third kappa shape index (κ3) is 3.37. The van der Waals surface area contributed by atoms with E-state index in [4.69, 9.17) is 4.74 Å². The first-order valence-electron chi connectivity index (χ1n) is 8.54. The Kier molecular flexibility index (Phi) is 6.99. The standard InChI is InChI=1S/C22H21O.2ClH.Zr/c1-14(2)16-9-6-10-18(16)22-19-8-5-4-7-17(19)21-13-15(23-3)11-12-20(21)22;;;/h4-5,7-9,11-14,22H,6H2,1-3H3;2*1H;/q;;;+2/p-2. The van der Waals surface area contributed by atoms with Crippen molar-refractivity contribution >= 4 is 0 Å². The first-order chi connectivity index (χ1) is 11.6. The van der Waals surface area contributed by atoms with Crippen LogP contribution in [0.1, 0.15) is 37.3 Å². The molecule has 4 rings (SSSR count). The fraction of sp³-hybridized carbons (Fsp3) is 0.273. The predicted octanol–water partition coefficient (Wildman–Crippen LogP) is -0.397. The second-order valence-corrected chi connectivity index (χ2v) is 8.37. The number of halogens is 2. The van der Waals surface area contributed by atoms with Gasteiger partial charge in [-0.2, -0.15) is 0 Å². The smallest absolute Gasteiger partial charge is 1.00 e. The van der Waals surface area contributed by atoms with E-state index in [1.54, 1.807) is 46.3 Å². The summed E-state index contributed by atoms with van der Waals surface area (Å²) >= 11 is 1.55. The summed E-state index contributed by atoms with van der Waals surface area (Å²) in [6, 6.07) is 15.5. The van der Waals surface area contributed by atoms with Crippen LogP contribution in [0.3, 0.4) is 0 Å². The van der Waals surface area contributed by atoms with Crippen LogP contribution in [0, 0.1) is 5.92 Å². The molecule has 4 heteroatoms. The third-order valence-electron chi connectivity index (χ3n) is 5.21. The van der Waals surface area contributed by atoms with Crippen LogP contribution >= 0.6 is 0 Å². The summed E-state index contributed by atoms with van der Waals surface area (Å²) < 4.78 is 7.08. The van der Waals surface area contributed by atoms with Crippen molar-refractivity contribution in [2.24, 2.45) is 5.92 Å². The minimum atomic E-state index is 0. The fourth-order valence-corrected chi connectivity index (χ4v) is 5.07. The molecule has 1 nitrogen and oxygen atoms in total. The summed E-state index contributed by atoms with van der Waals surface area (Å²) in [5.74, 6) is 1.90. The van der Waals surface area contributed by atoms with E-state index >= 15 is 0 Å². The van der Waals surface area contributed by atoms with Gasteiger partial charge in [-0.3, -0.25) is 0 Å². The zero-order valence-corrected chi connectivity index (χ0v) is 19.1. The molecule has 0 spiro atoms. The fourth-order valence-electron chi connectivity index (χ4n) is 4.11. The average Bonchev–Trinajstić information content (AvgIpc) is 3.12. The van der Waals surface area contributed by atoms with Gasteiger partial charge < -0.3 is 24.8 Å². The van der Waals surface area contributed by atoms with Gasteiger partial charge in [0.1, 0.15) is 0 Å². The van der Waals surface area contributed by atoms with Crippen molar-refractivity contribution in [3.8, 4) is 16.9 Å². The first kappa shape index (κ1) is 21.5. The van der Waals surface area contributed by atoms with Crippen LogP contribution in [-0.2, 0) is 24.7 Å². The van der Waals surface area contributed by atoms with Crippen molar-refractivity contribution in [2.45, 2.75) is 26.2 Å². The number of rotatable bonds is 3. The number of methoxy groups -OCH3 is 1. The summed E-state index contributed by atoms with van der Waals surface area (Å²) in [4.78, 5) is 0. The Hall–Kier alpha value is -0.817. The molecule has 2 aromatic rings. The van der Waals surface area contributed by atoms with Gasteiger partial charge in [0.2, 0.25) is 0 Å². The monoisotopic (exact) mass is 461 g/mol. The Morgan fingerprint density at radius 2 is 1.69 bits per heavy atom. The molecule has 0 radical (unpaired) electrons. The first-order valence-corrected chi connectivity index (χ1v) is 9.77. The Balaban J connectivity index is 0.00000121. The van der Waals surface area contributed by atoms with Gasteiger partial charge >= 0.3 is 160 Å². The molecular weight excluding hydrogens is 442 g/mol. The molecular formula is C22H21Cl2OZr. The SMILES string of the molecule is COc1ccc2c(c1)-c1ccccc1C2C1=[C]([Zr+2])CC=C1C(C)C.[Cl-].[Cl-]. The van der Waals surface area contributed by atoms with E-state index in [9.17, 15) is 0 Å². The van der Waals surface area contributed by atoms with E-state index in [-0.39, 0.29) is 24.8 Å². The minimum absolute atomic E-state index is 0. The molecule has 2 aliphatic rings. The summed E-state index contributed by atoms with van der Waals surface area (Å²) in [6.07, 6.45) is 3.58. The quantitative estimate of drug-likeness (QED) is 0.602. The number of hydrogen-bond donors (Lipinski definition) is 0. The molecule has 0 fully saturated rings. The molecule has 0 N–H and O–H groups in total. The molecule has 0 heterocycles. The summed E-state index contributed by atoms with van der Waals surface area (Å²) in [5, 5.41) is 0. The Morgan fingerprint density at radius 3 is 2.38 bits per heavy atom. The molecule has 0 aromatic heterocycles. The number of allylic oxidation sites excluding steroid dienone is 4. The van der Waals surface area contributed by atoms with E-state index in [1.165, 1.54) is 22.3 Å². The number of ether oxygens (including phenoxy) is 1. The van der Waals surface area contributed by atoms with Crippen molar-refractivity contribution < 1.29 is 54.3 Å². The molecule has 0 saturated carbocycles. The van der Waals surface area contributed by atoms with Gasteiger partial charge in [0.05, 0.1) is 0 Å². The molecule has 1 unspecified atom stereocenters. The van der Waals surface area contributed by atoms with Crippen molar-refractivity contribution in [3.63, 3.8) is 0 Å². The van der Waals surface area contributed by atoms with Gasteiger partial charge in [-0.15, -0.1) is 0 Å². The van der Waals surface area contributed by atoms with Crippen LogP contribution in [0.2, 0.25) is 0 Å². The van der Waals surface area contributed by atoms with Gasteiger partial charge in [-0.25, -0.2) is 0 Å². The van der Waals surface area contributed by atoms with Crippen molar-refractivity contribution in [2.75, 3.05) is 7.11 Å². The molecule has 0 bridgehead atoms. The van der Waals surface area contributed by atoms with Crippen LogP contribution in [0.25, 0.3) is 11.1 Å². The van der Waals surface area contributed by atoms with Gasteiger partial charge in [-0.1, -0.05) is 0 Å². The zero-order chi connectivity index (χ0) is 16.8. The van der Waals surface area contributed by atoms with Crippen LogP contribution < -0.4 is 29.6 Å². The minimum Gasteiger partial charge on any atom is -1.00 e. The number of fused-ring (bicyclic) bond motifs is 3. The largest absolute Gasteiger partial charge is 1.00 e. The average molecular weight is 464 g/mol. The van der Waals surface area contributed by atoms with Crippen LogP contribution in [0.15, 0.2) is 63.0 Å². The third-order valence-corrected chi connectivity index (χ3v) is 6.37. The Bertz CT molecular complexity index is 883. The van der Waals surface area contributed by atoms with E-state index in [0.717, 1.165) is 12.2 Å². The number of benzene rings is 2. The maximum Gasteiger partial charge on any atom is -1.00 e. The molecule has 1 atom stereocenters. The summed E-state index contributed by atoms with van der Waals surface area (Å²) in [7, 11) is 1.74. The van der Waals surface area contributed by atoms with Gasteiger partial charge in [0.15, 0.2) is 0 Å². The maximum absolute atomic E-state index is 5.48. The van der Waals surface area contributed by atoms with Crippen molar-refractivity contribution in [1.29, 1.82) is 0 Å². The van der Waals surface area contributed by atoms with Gasteiger partial charge in [0.25, 0.3) is 0 Å². The Morgan fingerprint density at radius 1 is 1.00 bits per heavy atom. The molecule has 0 saturated heterocycles. The van der Waals surface area contributed by atoms with E-state index < -0.39 is 0 Å². The maximum atomic E-state index is 5.48. The van der Waals surface area contributed by atoms with E-state index in [1.807, 2.05) is 0 Å². The molecule has 133 valence electrons. The van der Waals surface area contributed by atoms with Gasteiger partial charge in [-0.05, 0) is 0 Å². The second-order valence-electron chi connectivity index (χ2n) is 6.88.